The lowest BCUT2D eigenvalue weighted by molar-refractivity contribution is -0.147. The van der Waals surface area contributed by atoms with Gasteiger partial charge in [0.25, 0.3) is 5.91 Å². The molecule has 3 aromatic rings. The van der Waals surface area contributed by atoms with Crippen molar-refractivity contribution in [1.29, 1.82) is 0 Å². The molecule has 0 aliphatic carbocycles. The third-order valence-corrected chi connectivity index (χ3v) is 4.82. The molecule has 0 saturated carbocycles. The number of amides is 1. The molecule has 1 aromatic heterocycles. The number of hydrogen-bond acceptors (Lipinski definition) is 5. The third kappa shape index (κ3) is 5.29. The second-order valence-electron chi connectivity index (χ2n) is 5.86. The number of hydrogen-bond donors (Lipinski definition) is 1. The van der Waals surface area contributed by atoms with Crippen LogP contribution in [0.4, 0.5) is 18.9 Å². The standard InChI is InChI=1S/C19H15F3N2O3S/c20-19(21,22)12-4-3-5-13(10-12)23-16(25)11-27-18(26)9-8-17-24-14-6-1-2-7-15(14)28-17/h1-7,10H,8-9,11H2,(H,23,25). The maximum atomic E-state index is 12.7. The van der Waals surface area contributed by atoms with Gasteiger partial charge in [-0.15, -0.1) is 11.3 Å². The number of rotatable bonds is 6. The fourth-order valence-corrected chi connectivity index (χ4v) is 3.39. The van der Waals surface area contributed by atoms with E-state index in [2.05, 4.69) is 10.3 Å². The number of aryl methyl sites for hydroxylation is 1. The molecule has 0 atom stereocenters. The van der Waals surface area contributed by atoms with Crippen molar-refractivity contribution in [3.05, 3.63) is 59.1 Å². The lowest BCUT2D eigenvalue weighted by atomic mass is 10.2. The van der Waals surface area contributed by atoms with Crippen molar-refractivity contribution >= 4 is 39.1 Å². The van der Waals surface area contributed by atoms with E-state index in [1.807, 2.05) is 24.3 Å². The summed E-state index contributed by atoms with van der Waals surface area (Å²) in [5.41, 5.74) is -0.0418. The molecule has 0 saturated heterocycles. The maximum Gasteiger partial charge on any atom is 0.416 e. The molecule has 1 N–H and O–H groups in total. The van der Waals surface area contributed by atoms with Gasteiger partial charge < -0.3 is 10.1 Å². The van der Waals surface area contributed by atoms with Gasteiger partial charge in [0.2, 0.25) is 0 Å². The summed E-state index contributed by atoms with van der Waals surface area (Å²) in [6.07, 6.45) is -4.07. The normalized spacial score (nSPS) is 11.4. The highest BCUT2D eigenvalue weighted by Crippen LogP contribution is 2.30. The van der Waals surface area contributed by atoms with E-state index >= 15 is 0 Å². The van der Waals surface area contributed by atoms with Crippen LogP contribution in [0.2, 0.25) is 0 Å². The van der Waals surface area contributed by atoms with Gasteiger partial charge in [-0.05, 0) is 30.3 Å². The minimum absolute atomic E-state index is 0.0228. The highest BCUT2D eigenvalue weighted by Gasteiger charge is 2.30. The van der Waals surface area contributed by atoms with Crippen molar-refractivity contribution in [3.63, 3.8) is 0 Å². The minimum Gasteiger partial charge on any atom is -0.456 e. The zero-order valence-electron chi connectivity index (χ0n) is 14.5. The summed E-state index contributed by atoms with van der Waals surface area (Å²) < 4.78 is 43.9. The fraction of sp³-hybridized carbons (Fsp3) is 0.211. The number of alkyl halides is 3. The number of nitrogens with one attached hydrogen (secondary N) is 1. The van der Waals surface area contributed by atoms with Crippen LogP contribution < -0.4 is 5.32 Å². The average Bonchev–Trinajstić information content (AvgIpc) is 3.07. The molecule has 3 rings (SSSR count). The Kier molecular flexibility index (Phi) is 5.93. The van der Waals surface area contributed by atoms with Gasteiger partial charge in [-0.2, -0.15) is 13.2 Å². The van der Waals surface area contributed by atoms with Crippen LogP contribution in [0.5, 0.6) is 0 Å². The number of benzene rings is 2. The number of carbonyl (C=O) groups excluding carboxylic acids is 2. The lowest BCUT2D eigenvalue weighted by Gasteiger charge is -2.10. The Labute approximate surface area is 162 Å². The van der Waals surface area contributed by atoms with E-state index in [9.17, 15) is 22.8 Å². The van der Waals surface area contributed by atoms with Gasteiger partial charge in [0.05, 0.1) is 27.2 Å². The Morgan fingerprint density at radius 2 is 1.89 bits per heavy atom. The SMILES string of the molecule is O=C(COC(=O)CCc1nc2ccccc2s1)Nc1cccc(C(F)(F)F)c1. The van der Waals surface area contributed by atoms with Gasteiger partial charge in [0, 0.05) is 12.1 Å². The highest BCUT2D eigenvalue weighted by molar-refractivity contribution is 7.18. The van der Waals surface area contributed by atoms with Crippen LogP contribution in [0.3, 0.4) is 0 Å². The largest absolute Gasteiger partial charge is 0.456 e. The first-order valence-corrected chi connectivity index (χ1v) is 9.10. The molecular weight excluding hydrogens is 393 g/mol. The number of aromatic nitrogens is 1. The van der Waals surface area contributed by atoms with Crippen LogP contribution in [0.25, 0.3) is 10.2 Å². The zero-order chi connectivity index (χ0) is 20.1. The number of halogens is 3. The quantitative estimate of drug-likeness (QED) is 0.613. The molecule has 0 unspecified atom stereocenters. The first-order valence-electron chi connectivity index (χ1n) is 8.28. The number of ether oxygens (including phenoxy) is 1. The van der Waals surface area contributed by atoms with Crippen LogP contribution in [0.1, 0.15) is 17.0 Å². The van der Waals surface area contributed by atoms with Crippen molar-refractivity contribution in [3.8, 4) is 0 Å². The fourth-order valence-electron chi connectivity index (χ4n) is 2.42. The Hall–Kier alpha value is -2.94. The van der Waals surface area contributed by atoms with Crippen molar-refractivity contribution in [2.75, 3.05) is 11.9 Å². The Morgan fingerprint density at radius 3 is 2.64 bits per heavy atom. The Bertz CT molecular complexity index is 968. The molecule has 5 nitrogen and oxygen atoms in total. The first-order chi connectivity index (χ1) is 13.3. The van der Waals surface area contributed by atoms with Gasteiger partial charge in [-0.25, -0.2) is 4.98 Å². The smallest absolute Gasteiger partial charge is 0.416 e. The monoisotopic (exact) mass is 408 g/mol. The first kappa shape index (κ1) is 19.8. The van der Waals surface area contributed by atoms with Crippen LogP contribution in [0, 0.1) is 0 Å². The summed E-state index contributed by atoms with van der Waals surface area (Å²) in [5.74, 6) is -1.30. The Morgan fingerprint density at radius 1 is 1.11 bits per heavy atom. The molecule has 0 radical (unpaired) electrons. The van der Waals surface area contributed by atoms with E-state index in [4.69, 9.17) is 4.74 Å². The summed E-state index contributed by atoms with van der Waals surface area (Å²) in [5, 5.41) is 3.06. The van der Waals surface area contributed by atoms with Crippen LogP contribution >= 0.6 is 11.3 Å². The summed E-state index contributed by atoms with van der Waals surface area (Å²) >= 11 is 1.48. The molecule has 1 amide bonds. The zero-order valence-corrected chi connectivity index (χ0v) is 15.3. The lowest BCUT2D eigenvalue weighted by Crippen LogP contribution is -2.21. The number of thiazole rings is 1. The molecule has 0 aliphatic heterocycles. The van der Waals surface area contributed by atoms with E-state index in [0.717, 1.165) is 27.4 Å². The molecule has 9 heteroatoms. The summed E-state index contributed by atoms with van der Waals surface area (Å²) in [6.45, 7) is -0.574. The van der Waals surface area contributed by atoms with E-state index in [0.29, 0.717) is 6.42 Å². The van der Waals surface area contributed by atoms with Crippen LogP contribution in [-0.4, -0.2) is 23.5 Å². The molecule has 0 aliphatic rings. The van der Waals surface area contributed by atoms with Gasteiger partial charge in [-0.3, -0.25) is 9.59 Å². The molecule has 146 valence electrons. The number of fused-ring (bicyclic) bond motifs is 1. The number of carbonyl (C=O) groups is 2. The summed E-state index contributed by atoms with van der Waals surface area (Å²) in [6, 6.07) is 11.8. The van der Waals surface area contributed by atoms with Gasteiger partial charge in [-0.1, -0.05) is 18.2 Å². The summed E-state index contributed by atoms with van der Waals surface area (Å²) in [4.78, 5) is 28.0. The predicted octanol–water partition coefficient (Wildman–Crippen LogP) is 4.43. The van der Waals surface area contributed by atoms with Crippen LogP contribution in [0.15, 0.2) is 48.5 Å². The van der Waals surface area contributed by atoms with Gasteiger partial charge in [0.15, 0.2) is 6.61 Å². The molecule has 1 heterocycles. The van der Waals surface area contributed by atoms with Crippen molar-refractivity contribution < 1.29 is 27.5 Å². The molecular formula is C19H15F3N2O3S. The number of para-hydroxylation sites is 1. The minimum atomic E-state index is -4.51. The van der Waals surface area contributed by atoms with Gasteiger partial charge in [0.1, 0.15) is 0 Å². The highest BCUT2D eigenvalue weighted by atomic mass is 32.1. The van der Waals surface area contributed by atoms with E-state index in [1.54, 1.807) is 0 Å². The third-order valence-electron chi connectivity index (χ3n) is 3.72. The molecule has 0 fully saturated rings. The van der Waals surface area contributed by atoms with Crippen molar-refractivity contribution in [2.45, 2.75) is 19.0 Å². The second kappa shape index (κ2) is 8.39. The number of esters is 1. The van der Waals surface area contributed by atoms with E-state index < -0.39 is 30.2 Å². The second-order valence-corrected chi connectivity index (χ2v) is 6.98. The van der Waals surface area contributed by atoms with E-state index in [1.165, 1.54) is 23.5 Å². The summed E-state index contributed by atoms with van der Waals surface area (Å²) in [7, 11) is 0. The predicted molar refractivity (Wildman–Crippen MR) is 99.0 cm³/mol. The Balaban J connectivity index is 1.46. The maximum absolute atomic E-state index is 12.7. The van der Waals surface area contributed by atoms with Crippen molar-refractivity contribution in [1.82, 2.24) is 4.98 Å². The molecule has 2 aromatic carbocycles. The topological polar surface area (TPSA) is 68.3 Å². The van der Waals surface area contributed by atoms with Crippen LogP contribution in [-0.2, 0) is 26.9 Å². The molecule has 28 heavy (non-hydrogen) atoms. The van der Waals surface area contributed by atoms with E-state index in [-0.39, 0.29) is 12.1 Å². The average molecular weight is 408 g/mol. The molecule has 0 bridgehead atoms. The van der Waals surface area contributed by atoms with Gasteiger partial charge >= 0.3 is 12.1 Å². The van der Waals surface area contributed by atoms with Crippen molar-refractivity contribution in [2.24, 2.45) is 0 Å². The number of anilines is 1. The number of nitrogens with zero attached hydrogens (tertiary/aromatic N) is 1. The molecule has 0 spiro atoms.